The Kier molecular flexibility index (Phi) is 50.2. The van der Waals surface area contributed by atoms with E-state index in [2.05, 4.69) is 111 Å². The molecular weight excluding hydrogens is 928 g/mol. The average molecular weight is 1040 g/mol. The van der Waals surface area contributed by atoms with Crippen LogP contribution in [0.5, 0.6) is 0 Å². The minimum Gasteiger partial charge on any atom is -0.756 e. The fourth-order valence-electron chi connectivity index (χ4n) is 7.93. The third-order valence-electron chi connectivity index (χ3n) is 12.5. The molecule has 420 valence electrons. The molecule has 0 aliphatic carbocycles. The normalized spacial score (nSPS) is 14.5. The second-order valence-electron chi connectivity index (χ2n) is 20.8. The molecule has 0 aromatic rings. The molecule has 0 heterocycles. The summed E-state index contributed by atoms with van der Waals surface area (Å²) >= 11 is 0. The highest BCUT2D eigenvalue weighted by atomic mass is 31.2. The number of phosphoric acid groups is 1. The largest absolute Gasteiger partial charge is 0.756 e. The summed E-state index contributed by atoms with van der Waals surface area (Å²) in [7, 11) is 1.15. The maximum atomic E-state index is 13.5. The molecule has 0 spiro atoms. The van der Waals surface area contributed by atoms with Crippen molar-refractivity contribution in [3.8, 4) is 0 Å². The molecule has 3 atom stereocenters. The maximum absolute atomic E-state index is 13.5. The van der Waals surface area contributed by atoms with E-state index in [-0.39, 0.29) is 24.9 Å². The molecule has 0 aromatic heterocycles. The van der Waals surface area contributed by atoms with Crippen LogP contribution in [0.3, 0.4) is 0 Å². The van der Waals surface area contributed by atoms with E-state index in [1.54, 1.807) is 0 Å². The van der Waals surface area contributed by atoms with Crippen LogP contribution in [0.15, 0.2) is 97.2 Å². The Morgan fingerprint density at radius 1 is 0.493 bits per heavy atom. The lowest BCUT2D eigenvalue weighted by Gasteiger charge is -2.30. The third kappa shape index (κ3) is 53.6. The number of hydrogen-bond acceptors (Lipinski definition) is 7. The zero-order valence-electron chi connectivity index (χ0n) is 47.8. The number of carbonyl (C=O) groups excluding carboxylic acids is 2. The summed E-state index contributed by atoms with van der Waals surface area (Å²) < 4.78 is 30.2. The van der Waals surface area contributed by atoms with E-state index in [0.29, 0.717) is 23.9 Å². The molecule has 0 radical (unpaired) electrons. The van der Waals surface area contributed by atoms with E-state index in [1.807, 2.05) is 33.3 Å². The van der Waals surface area contributed by atoms with Gasteiger partial charge in [0.1, 0.15) is 19.3 Å². The van der Waals surface area contributed by atoms with Crippen LogP contribution in [0.2, 0.25) is 0 Å². The first-order valence-corrected chi connectivity index (χ1v) is 31.0. The summed E-state index contributed by atoms with van der Waals surface area (Å²) in [5.41, 5.74) is 0. The fourth-order valence-corrected chi connectivity index (χ4v) is 8.65. The van der Waals surface area contributed by atoms with Gasteiger partial charge in [-0.3, -0.25) is 14.2 Å². The molecule has 0 saturated carbocycles. The lowest BCUT2D eigenvalue weighted by atomic mass is 10.1. The molecule has 1 amide bonds. The first-order chi connectivity index (χ1) is 35.4. The monoisotopic (exact) mass is 1040 g/mol. The quantitative estimate of drug-likeness (QED) is 0.0212. The molecule has 0 bridgehead atoms. The van der Waals surface area contributed by atoms with Gasteiger partial charge in [-0.15, -0.1) is 0 Å². The molecule has 73 heavy (non-hydrogen) atoms. The highest BCUT2D eigenvalue weighted by molar-refractivity contribution is 7.45. The van der Waals surface area contributed by atoms with Crippen molar-refractivity contribution < 1.29 is 37.3 Å². The average Bonchev–Trinajstić information content (AvgIpc) is 3.35. The van der Waals surface area contributed by atoms with Crippen LogP contribution in [-0.2, 0) is 27.9 Å². The van der Waals surface area contributed by atoms with E-state index in [0.717, 1.165) is 109 Å². The van der Waals surface area contributed by atoms with E-state index >= 15 is 0 Å². The van der Waals surface area contributed by atoms with Crippen LogP contribution in [0.1, 0.15) is 239 Å². The van der Waals surface area contributed by atoms with Crippen LogP contribution < -0.4 is 10.2 Å². The van der Waals surface area contributed by atoms with Gasteiger partial charge in [0.25, 0.3) is 7.82 Å². The molecule has 0 aliphatic rings. The Labute approximate surface area is 449 Å². The fraction of sp³-hybridized carbons (Fsp3) is 0.714. The smallest absolute Gasteiger partial charge is 0.306 e. The van der Waals surface area contributed by atoms with Crippen molar-refractivity contribution in [2.75, 3.05) is 40.9 Å². The second-order valence-corrected chi connectivity index (χ2v) is 22.2. The molecular formula is C63H111N2O7P. The molecule has 0 rings (SSSR count). The number of rotatable bonds is 52. The van der Waals surface area contributed by atoms with Gasteiger partial charge in [0.15, 0.2) is 0 Å². The molecule has 1 N–H and O–H groups in total. The number of nitrogens with one attached hydrogen (secondary N) is 1. The maximum Gasteiger partial charge on any atom is 0.306 e. The predicted molar refractivity (Wildman–Crippen MR) is 311 cm³/mol. The number of hydrogen-bond donors (Lipinski definition) is 1. The predicted octanol–water partition coefficient (Wildman–Crippen LogP) is 17.4. The zero-order chi connectivity index (χ0) is 53.6. The van der Waals surface area contributed by atoms with Gasteiger partial charge in [-0.1, -0.05) is 215 Å². The van der Waals surface area contributed by atoms with Gasteiger partial charge in [-0.25, -0.2) is 0 Å². The highest BCUT2D eigenvalue weighted by Crippen LogP contribution is 2.38. The lowest BCUT2D eigenvalue weighted by molar-refractivity contribution is -0.870. The summed E-state index contributed by atoms with van der Waals surface area (Å²) in [4.78, 5) is 39.9. The number of nitrogens with zero attached hydrogens (tertiary/aromatic N) is 1. The summed E-state index contributed by atoms with van der Waals surface area (Å²) in [6, 6.07) is -0.911. The van der Waals surface area contributed by atoms with Gasteiger partial charge >= 0.3 is 5.97 Å². The topological polar surface area (TPSA) is 114 Å². The Morgan fingerprint density at radius 2 is 0.877 bits per heavy atom. The highest BCUT2D eigenvalue weighted by Gasteiger charge is 2.27. The van der Waals surface area contributed by atoms with Gasteiger partial charge in [-0.2, -0.15) is 0 Å². The van der Waals surface area contributed by atoms with Crippen molar-refractivity contribution in [2.45, 2.75) is 251 Å². The summed E-state index contributed by atoms with van der Waals surface area (Å²) in [5.74, 6) is -0.594. The van der Waals surface area contributed by atoms with Crippen molar-refractivity contribution in [1.29, 1.82) is 0 Å². The molecule has 0 fully saturated rings. The van der Waals surface area contributed by atoms with Crippen molar-refractivity contribution in [3.63, 3.8) is 0 Å². The first kappa shape index (κ1) is 69.9. The number of quaternary nitrogens is 1. The molecule has 0 aliphatic heterocycles. The molecule has 10 heteroatoms. The van der Waals surface area contributed by atoms with Crippen LogP contribution in [0, 0.1) is 0 Å². The summed E-state index contributed by atoms with van der Waals surface area (Å²) in [5, 5.41) is 3.01. The minimum atomic E-state index is -4.71. The lowest BCUT2D eigenvalue weighted by Crippen LogP contribution is -2.47. The Morgan fingerprint density at radius 3 is 1.36 bits per heavy atom. The first-order valence-electron chi connectivity index (χ1n) is 29.5. The number of allylic oxidation sites excluding steroid dienone is 15. The number of unbranched alkanes of at least 4 members (excludes halogenated alkanes) is 22. The Balaban J connectivity index is 5.36. The van der Waals surface area contributed by atoms with Crippen molar-refractivity contribution >= 4 is 19.7 Å². The van der Waals surface area contributed by atoms with Crippen LogP contribution in [0.25, 0.3) is 0 Å². The summed E-state index contributed by atoms with van der Waals surface area (Å²) in [6.07, 6.45) is 69.4. The van der Waals surface area contributed by atoms with Gasteiger partial charge in [0.2, 0.25) is 5.91 Å². The number of amides is 1. The van der Waals surface area contributed by atoms with Crippen molar-refractivity contribution in [2.24, 2.45) is 0 Å². The van der Waals surface area contributed by atoms with Gasteiger partial charge in [0.05, 0.1) is 33.8 Å². The standard InChI is InChI=1S/C63H111N2O7P/c1-7-10-13-16-19-22-25-27-29-31-32-34-36-38-41-44-47-50-53-56-63(67)72-61(54-51-48-45-42-39-24-21-18-15-12-9-3)60(59-71-73(68,69)70-58-57-65(4,5)6)64-62(66)55-52-49-46-43-40-37-35-33-30-28-26-23-20-17-14-11-8-2/h10,13,19-20,22-23,27-30,32,34,38,41,51,54,60-61H,7-9,11-12,14-18,21,24-26,31,33,35-37,39-40,42-50,52-53,55-59H2,1-6H3,(H-,64,66,68,69)/b13-10-,22-19-,23-20-,29-27-,30-28-,34-32-,41-38-,54-51+. The molecule has 3 unspecified atom stereocenters. The number of esters is 1. The number of carbonyl (C=O) groups is 2. The minimum absolute atomic E-state index is 0.0341. The van der Waals surface area contributed by atoms with Gasteiger partial charge < -0.3 is 28.5 Å². The van der Waals surface area contributed by atoms with Gasteiger partial charge in [-0.05, 0) is 109 Å². The van der Waals surface area contributed by atoms with E-state index in [9.17, 15) is 19.0 Å². The van der Waals surface area contributed by atoms with Crippen LogP contribution >= 0.6 is 7.82 Å². The summed E-state index contributed by atoms with van der Waals surface area (Å²) in [6.45, 7) is 6.65. The van der Waals surface area contributed by atoms with Crippen molar-refractivity contribution in [3.05, 3.63) is 97.2 Å². The number of likely N-dealkylation sites (N-methyl/N-ethyl adjacent to an activating group) is 1. The van der Waals surface area contributed by atoms with Crippen molar-refractivity contribution in [1.82, 2.24) is 5.32 Å². The van der Waals surface area contributed by atoms with E-state index < -0.39 is 26.6 Å². The van der Waals surface area contributed by atoms with E-state index in [4.69, 9.17) is 13.8 Å². The number of ether oxygens (including phenoxy) is 1. The van der Waals surface area contributed by atoms with E-state index in [1.165, 1.54) is 89.9 Å². The SMILES string of the molecule is CC/C=C\C/C=C\C/C=C\C/C=C\C/C=C\CCCCCC(=O)OC(/C=C/CCCCCCCCCCC)C(COP(=O)([O-])OCC[N+](C)(C)C)NC(=O)CCCCCCCCC/C=C\C/C=C\CCCCC. The zero-order valence-corrected chi connectivity index (χ0v) is 48.7. The Bertz CT molecular complexity index is 1570. The van der Waals surface area contributed by atoms with Gasteiger partial charge in [0, 0.05) is 12.8 Å². The molecule has 0 saturated heterocycles. The molecule has 9 nitrogen and oxygen atoms in total. The van der Waals surface area contributed by atoms with Crippen LogP contribution in [0.4, 0.5) is 0 Å². The molecule has 0 aromatic carbocycles. The van der Waals surface area contributed by atoms with Crippen LogP contribution in [-0.4, -0.2) is 69.4 Å². The third-order valence-corrected chi connectivity index (χ3v) is 13.5. The second kappa shape index (κ2) is 52.4. The Hall–Kier alpha value is -3.07. The number of phosphoric ester groups is 1.